The summed E-state index contributed by atoms with van der Waals surface area (Å²) in [4.78, 5) is 23.5. The average Bonchev–Trinajstić information content (AvgIpc) is 2.58. The van der Waals surface area contributed by atoms with E-state index in [1.165, 1.54) is 17.7 Å². The lowest BCUT2D eigenvalue weighted by Gasteiger charge is -2.05. The summed E-state index contributed by atoms with van der Waals surface area (Å²) in [5.74, 6) is -0.846. The molecule has 0 atom stereocenters. The van der Waals surface area contributed by atoms with Gasteiger partial charge in [-0.1, -0.05) is 48.9 Å². The maximum Gasteiger partial charge on any atom is 0.269 e. The van der Waals surface area contributed by atoms with Crippen LogP contribution in [0.15, 0.2) is 54.6 Å². The summed E-state index contributed by atoms with van der Waals surface area (Å²) in [6.07, 6.45) is 4.01. The van der Waals surface area contributed by atoms with Gasteiger partial charge in [-0.15, -0.1) is 0 Å². The molecule has 0 saturated heterocycles. The third-order valence-electron chi connectivity index (χ3n) is 3.20. The molecule has 4 nitrogen and oxygen atoms in total. The van der Waals surface area contributed by atoms with E-state index in [1.54, 1.807) is 24.3 Å². The molecule has 118 valence electrons. The number of hydrogen-bond acceptors (Lipinski definition) is 2. The van der Waals surface area contributed by atoms with Crippen molar-refractivity contribution >= 4 is 29.5 Å². The Kier molecular flexibility index (Phi) is 5.94. The summed E-state index contributed by atoms with van der Waals surface area (Å²) < 4.78 is 0. The van der Waals surface area contributed by atoms with Gasteiger partial charge in [0, 0.05) is 16.7 Å². The molecule has 2 aromatic carbocycles. The Labute approximate surface area is 140 Å². The molecule has 5 heteroatoms. The van der Waals surface area contributed by atoms with Crippen LogP contribution in [-0.2, 0) is 11.2 Å². The third kappa shape index (κ3) is 5.27. The lowest BCUT2D eigenvalue weighted by molar-refractivity contribution is -0.117. The van der Waals surface area contributed by atoms with Crippen LogP contribution in [0.5, 0.6) is 0 Å². The van der Waals surface area contributed by atoms with E-state index in [0.717, 1.165) is 12.0 Å². The first-order valence-electron chi connectivity index (χ1n) is 7.21. The summed E-state index contributed by atoms with van der Waals surface area (Å²) in [5.41, 5.74) is 7.18. The molecule has 2 rings (SSSR count). The van der Waals surface area contributed by atoms with E-state index in [4.69, 9.17) is 11.6 Å². The molecule has 0 aliphatic rings. The smallest absolute Gasteiger partial charge is 0.268 e. The molecular weight excluding hydrogens is 312 g/mol. The molecule has 0 saturated carbocycles. The lowest BCUT2D eigenvalue weighted by atomic mass is 10.1. The Balaban J connectivity index is 1.86. The van der Waals surface area contributed by atoms with Crippen LogP contribution in [0.3, 0.4) is 0 Å². The molecule has 0 aromatic heterocycles. The number of benzene rings is 2. The predicted molar refractivity (Wildman–Crippen MR) is 91.9 cm³/mol. The number of amides is 2. The highest BCUT2D eigenvalue weighted by Crippen LogP contribution is 2.10. The number of rotatable bonds is 4. The number of carbonyl (C=O) groups is 2. The SMILES string of the molecule is CCc1ccc(/C=C/C(=O)NNC(=O)c2cccc(Cl)c2)cc1. The summed E-state index contributed by atoms with van der Waals surface area (Å²) in [7, 11) is 0. The molecule has 0 fully saturated rings. The molecule has 2 amide bonds. The number of hydrogen-bond donors (Lipinski definition) is 2. The Hall–Kier alpha value is -2.59. The molecular formula is C18H17ClN2O2. The van der Waals surface area contributed by atoms with Gasteiger partial charge in [0.05, 0.1) is 0 Å². The lowest BCUT2D eigenvalue weighted by Crippen LogP contribution is -2.40. The van der Waals surface area contributed by atoms with Crippen LogP contribution in [0, 0.1) is 0 Å². The quantitative estimate of drug-likeness (QED) is 0.667. The molecule has 0 aliphatic carbocycles. The first kappa shape index (κ1) is 16.8. The maximum atomic E-state index is 11.8. The molecule has 2 N–H and O–H groups in total. The van der Waals surface area contributed by atoms with E-state index < -0.39 is 11.8 Å². The molecule has 0 spiro atoms. The highest BCUT2D eigenvalue weighted by atomic mass is 35.5. The zero-order chi connectivity index (χ0) is 16.7. The summed E-state index contributed by atoms with van der Waals surface area (Å²) in [6, 6.07) is 14.4. The van der Waals surface area contributed by atoms with E-state index >= 15 is 0 Å². The van der Waals surface area contributed by atoms with E-state index in [-0.39, 0.29) is 0 Å². The monoisotopic (exact) mass is 328 g/mol. The molecule has 23 heavy (non-hydrogen) atoms. The summed E-state index contributed by atoms with van der Waals surface area (Å²) >= 11 is 5.81. The molecule has 0 bridgehead atoms. The molecule has 0 aliphatic heterocycles. The van der Waals surface area contributed by atoms with Crippen LogP contribution in [0.1, 0.15) is 28.4 Å². The van der Waals surface area contributed by atoms with Crippen LogP contribution in [0.25, 0.3) is 6.08 Å². The van der Waals surface area contributed by atoms with Crippen LogP contribution in [0.4, 0.5) is 0 Å². The van der Waals surface area contributed by atoms with Gasteiger partial charge in [0.15, 0.2) is 0 Å². The van der Waals surface area contributed by atoms with Crippen molar-refractivity contribution in [3.8, 4) is 0 Å². The van der Waals surface area contributed by atoms with E-state index in [1.807, 2.05) is 24.3 Å². The average molecular weight is 329 g/mol. The fourth-order valence-electron chi connectivity index (χ4n) is 1.90. The third-order valence-corrected chi connectivity index (χ3v) is 3.44. The maximum absolute atomic E-state index is 11.8. The van der Waals surface area contributed by atoms with Gasteiger partial charge in [-0.3, -0.25) is 20.4 Å². The zero-order valence-electron chi connectivity index (χ0n) is 12.7. The normalized spacial score (nSPS) is 10.5. The molecule has 0 unspecified atom stereocenters. The largest absolute Gasteiger partial charge is 0.269 e. The topological polar surface area (TPSA) is 58.2 Å². The Morgan fingerprint density at radius 1 is 1.09 bits per heavy atom. The van der Waals surface area contributed by atoms with Crippen LogP contribution in [-0.4, -0.2) is 11.8 Å². The fourth-order valence-corrected chi connectivity index (χ4v) is 2.09. The number of aryl methyl sites for hydroxylation is 1. The van der Waals surface area contributed by atoms with Crippen LogP contribution < -0.4 is 10.9 Å². The van der Waals surface area contributed by atoms with E-state index in [0.29, 0.717) is 10.6 Å². The summed E-state index contributed by atoms with van der Waals surface area (Å²) in [6.45, 7) is 2.08. The van der Waals surface area contributed by atoms with Crippen LogP contribution in [0.2, 0.25) is 5.02 Å². The van der Waals surface area contributed by atoms with Crippen molar-refractivity contribution in [1.29, 1.82) is 0 Å². The molecule has 0 heterocycles. The second-order valence-corrected chi connectivity index (χ2v) is 5.32. The fraction of sp³-hybridized carbons (Fsp3) is 0.111. The van der Waals surface area contributed by atoms with Gasteiger partial charge in [0.2, 0.25) is 0 Å². The van der Waals surface area contributed by atoms with Gasteiger partial charge in [-0.25, -0.2) is 0 Å². The van der Waals surface area contributed by atoms with Gasteiger partial charge >= 0.3 is 0 Å². The Morgan fingerprint density at radius 2 is 1.83 bits per heavy atom. The highest BCUT2D eigenvalue weighted by Gasteiger charge is 2.06. The minimum atomic E-state index is -0.429. The summed E-state index contributed by atoms with van der Waals surface area (Å²) in [5, 5.41) is 0.458. The minimum absolute atomic E-state index is 0.372. The van der Waals surface area contributed by atoms with E-state index in [2.05, 4.69) is 17.8 Å². The van der Waals surface area contributed by atoms with Crippen molar-refractivity contribution in [2.45, 2.75) is 13.3 Å². The van der Waals surface area contributed by atoms with Crippen molar-refractivity contribution in [3.05, 3.63) is 76.3 Å². The highest BCUT2D eigenvalue weighted by molar-refractivity contribution is 6.30. The number of halogens is 1. The van der Waals surface area contributed by atoms with Gasteiger partial charge < -0.3 is 0 Å². The first-order valence-corrected chi connectivity index (χ1v) is 7.59. The molecule has 2 aromatic rings. The molecule has 0 radical (unpaired) electrons. The van der Waals surface area contributed by atoms with Gasteiger partial charge in [0.25, 0.3) is 11.8 Å². The number of carbonyl (C=O) groups excluding carboxylic acids is 2. The number of hydrazine groups is 1. The van der Waals surface area contributed by atoms with Gasteiger partial charge in [-0.05, 0) is 41.8 Å². The Morgan fingerprint density at radius 3 is 2.48 bits per heavy atom. The van der Waals surface area contributed by atoms with Crippen molar-refractivity contribution in [2.24, 2.45) is 0 Å². The van der Waals surface area contributed by atoms with Crippen molar-refractivity contribution in [1.82, 2.24) is 10.9 Å². The van der Waals surface area contributed by atoms with Gasteiger partial charge in [0.1, 0.15) is 0 Å². The minimum Gasteiger partial charge on any atom is -0.268 e. The van der Waals surface area contributed by atoms with Gasteiger partial charge in [-0.2, -0.15) is 0 Å². The van der Waals surface area contributed by atoms with E-state index in [9.17, 15) is 9.59 Å². The standard InChI is InChI=1S/C18H17ClN2O2/c1-2-13-6-8-14(9-7-13)10-11-17(22)20-21-18(23)15-4-3-5-16(19)12-15/h3-12H,2H2,1H3,(H,20,22)(H,21,23)/b11-10+. The van der Waals surface area contributed by atoms with Crippen molar-refractivity contribution < 1.29 is 9.59 Å². The Bertz CT molecular complexity index is 724. The van der Waals surface area contributed by atoms with Crippen molar-refractivity contribution in [2.75, 3.05) is 0 Å². The van der Waals surface area contributed by atoms with Crippen LogP contribution >= 0.6 is 11.6 Å². The second-order valence-electron chi connectivity index (χ2n) is 4.88. The predicted octanol–water partition coefficient (Wildman–Crippen LogP) is 3.38. The first-order chi connectivity index (χ1) is 11.1. The number of nitrogens with one attached hydrogen (secondary N) is 2. The van der Waals surface area contributed by atoms with Crippen molar-refractivity contribution in [3.63, 3.8) is 0 Å². The second kappa shape index (κ2) is 8.15. The zero-order valence-corrected chi connectivity index (χ0v) is 13.4.